The summed E-state index contributed by atoms with van der Waals surface area (Å²) in [5.74, 6) is -0.938. The Morgan fingerprint density at radius 2 is 1.69 bits per heavy atom. The van der Waals surface area contributed by atoms with Crippen LogP contribution in [-0.4, -0.2) is 68.4 Å². The Labute approximate surface area is 279 Å². The Kier molecular flexibility index (Phi) is 8.39. The van der Waals surface area contributed by atoms with Crippen molar-refractivity contribution in [3.8, 4) is 11.3 Å². The van der Waals surface area contributed by atoms with Gasteiger partial charge in [-0.25, -0.2) is 9.59 Å². The van der Waals surface area contributed by atoms with Crippen molar-refractivity contribution in [2.45, 2.75) is 70.9 Å². The Hall–Kier alpha value is -5.02. The van der Waals surface area contributed by atoms with E-state index >= 15 is 0 Å². The van der Waals surface area contributed by atoms with Gasteiger partial charge in [0.25, 0.3) is 5.69 Å². The second-order valence-corrected chi connectivity index (χ2v) is 13.4. The standard InChI is InChI=1S/C34H34F3N5O7/c1-32(2,3)49-31(44)41-26-14-13-23(16-25(26)29(38-41)21-9-11-22(12-10-21)34(35,36)37)40-19-28-27(47-33(4,5)48-28)18-39(30(40)43)17-20-7-6-8-24(15-20)42(45)46/h6-16,27-28H,17-19H2,1-5H3/t27-,28-/m0/s1. The molecule has 3 aromatic carbocycles. The smallest absolute Gasteiger partial charge is 0.435 e. The van der Waals surface area contributed by atoms with Gasteiger partial charge in [0.2, 0.25) is 0 Å². The fourth-order valence-corrected chi connectivity index (χ4v) is 6.03. The number of alkyl halides is 3. The maximum atomic E-state index is 14.3. The van der Waals surface area contributed by atoms with Crippen LogP contribution < -0.4 is 4.90 Å². The molecule has 2 fully saturated rings. The summed E-state index contributed by atoms with van der Waals surface area (Å²) in [6.45, 7) is 8.89. The first-order valence-electron chi connectivity index (χ1n) is 15.5. The summed E-state index contributed by atoms with van der Waals surface area (Å²) in [4.78, 5) is 41.4. The third-order valence-electron chi connectivity index (χ3n) is 8.07. The second-order valence-electron chi connectivity index (χ2n) is 13.4. The van der Waals surface area contributed by atoms with Crippen LogP contribution in [0.1, 0.15) is 45.7 Å². The quantitative estimate of drug-likeness (QED) is 0.158. The highest BCUT2D eigenvalue weighted by Gasteiger charge is 2.47. The number of carbonyl (C=O) groups is 2. The lowest BCUT2D eigenvalue weighted by molar-refractivity contribution is -0.384. The normalized spacial score (nSPS) is 19.6. The number of rotatable bonds is 5. The molecule has 2 amide bonds. The first-order chi connectivity index (χ1) is 22.9. The molecular formula is C34H34F3N5O7. The molecule has 6 rings (SSSR count). The van der Waals surface area contributed by atoms with Crippen molar-refractivity contribution < 1.29 is 41.9 Å². The fourth-order valence-electron chi connectivity index (χ4n) is 6.03. The zero-order valence-corrected chi connectivity index (χ0v) is 27.4. The lowest BCUT2D eigenvalue weighted by atomic mass is 10.0. The van der Waals surface area contributed by atoms with E-state index in [9.17, 15) is 32.9 Å². The van der Waals surface area contributed by atoms with Crippen molar-refractivity contribution in [2.75, 3.05) is 18.0 Å². The van der Waals surface area contributed by atoms with Gasteiger partial charge in [0.05, 0.1) is 29.1 Å². The van der Waals surface area contributed by atoms with Gasteiger partial charge in [-0.1, -0.05) is 24.3 Å². The number of non-ortho nitro benzene ring substituents is 1. The van der Waals surface area contributed by atoms with Crippen molar-refractivity contribution >= 4 is 34.4 Å². The van der Waals surface area contributed by atoms with Crippen LogP contribution in [0.15, 0.2) is 66.7 Å². The largest absolute Gasteiger partial charge is 0.442 e. The van der Waals surface area contributed by atoms with Gasteiger partial charge in [0, 0.05) is 35.3 Å². The van der Waals surface area contributed by atoms with E-state index in [0.29, 0.717) is 27.7 Å². The predicted molar refractivity (Wildman–Crippen MR) is 172 cm³/mol. The number of aromatic nitrogens is 2. The van der Waals surface area contributed by atoms with Gasteiger partial charge in [-0.2, -0.15) is 23.0 Å². The SMILES string of the molecule is CC(C)(C)OC(=O)n1nc(-c2ccc(C(F)(F)F)cc2)c2cc(N3C[C@@H]4OC(C)(C)O[C@H]4CN(Cc4cccc([N+](=O)[O-])c4)C3=O)ccc21. The Bertz CT molecular complexity index is 1940. The van der Waals surface area contributed by atoms with Gasteiger partial charge in [-0.15, -0.1) is 0 Å². The van der Waals surface area contributed by atoms with Crippen LogP contribution in [0.3, 0.4) is 0 Å². The van der Waals surface area contributed by atoms with Crippen molar-refractivity contribution in [3.05, 3.63) is 88.0 Å². The predicted octanol–water partition coefficient (Wildman–Crippen LogP) is 7.38. The van der Waals surface area contributed by atoms with Gasteiger partial charge >= 0.3 is 18.3 Å². The fraction of sp³-hybridized carbons (Fsp3) is 0.382. The molecule has 2 aliphatic rings. The van der Waals surface area contributed by atoms with E-state index in [1.807, 2.05) is 0 Å². The zero-order chi connectivity index (χ0) is 35.5. The van der Waals surface area contributed by atoms with E-state index in [4.69, 9.17) is 14.2 Å². The first kappa shape index (κ1) is 33.9. The molecule has 1 aromatic heterocycles. The van der Waals surface area contributed by atoms with E-state index in [-0.39, 0.29) is 31.0 Å². The van der Waals surface area contributed by atoms with Gasteiger partial charge in [-0.3, -0.25) is 15.0 Å². The van der Waals surface area contributed by atoms with Gasteiger partial charge in [0.1, 0.15) is 23.5 Å². The maximum Gasteiger partial charge on any atom is 0.435 e. The molecule has 15 heteroatoms. The number of halogens is 3. The van der Waals surface area contributed by atoms with Crippen LogP contribution in [0.5, 0.6) is 0 Å². The lowest BCUT2D eigenvalue weighted by Gasteiger charge is -2.30. The Morgan fingerprint density at radius 1 is 1.02 bits per heavy atom. The first-order valence-corrected chi connectivity index (χ1v) is 15.5. The Morgan fingerprint density at radius 3 is 2.33 bits per heavy atom. The molecule has 2 saturated heterocycles. The third-order valence-corrected chi connectivity index (χ3v) is 8.07. The van der Waals surface area contributed by atoms with Crippen molar-refractivity contribution in [1.29, 1.82) is 0 Å². The molecule has 3 heterocycles. The molecule has 2 aliphatic heterocycles. The Balaban J connectivity index is 1.44. The molecule has 0 spiro atoms. The molecular weight excluding hydrogens is 647 g/mol. The van der Waals surface area contributed by atoms with E-state index in [0.717, 1.165) is 16.8 Å². The third kappa shape index (κ3) is 7.08. The van der Waals surface area contributed by atoms with E-state index < -0.39 is 52.4 Å². The van der Waals surface area contributed by atoms with E-state index in [1.54, 1.807) is 65.0 Å². The zero-order valence-electron chi connectivity index (χ0n) is 27.4. The summed E-state index contributed by atoms with van der Waals surface area (Å²) >= 11 is 0. The van der Waals surface area contributed by atoms with Crippen LogP contribution in [0, 0.1) is 10.1 Å². The number of fused-ring (bicyclic) bond motifs is 2. The number of nitro benzene ring substituents is 1. The topological polar surface area (TPSA) is 129 Å². The van der Waals surface area contributed by atoms with Crippen LogP contribution in [0.25, 0.3) is 22.2 Å². The average molecular weight is 682 g/mol. The molecule has 49 heavy (non-hydrogen) atoms. The average Bonchev–Trinajstić information content (AvgIpc) is 3.50. The van der Waals surface area contributed by atoms with Gasteiger partial charge in [0.15, 0.2) is 5.79 Å². The summed E-state index contributed by atoms with van der Waals surface area (Å²) in [6.07, 6.45) is -6.39. The number of hydrogen-bond donors (Lipinski definition) is 0. The highest BCUT2D eigenvalue weighted by Crippen LogP contribution is 2.37. The molecule has 4 aromatic rings. The minimum absolute atomic E-state index is 0.0413. The number of amides is 2. The minimum atomic E-state index is -4.55. The molecule has 0 aliphatic carbocycles. The van der Waals surface area contributed by atoms with Crippen LogP contribution in [0.4, 0.5) is 34.1 Å². The molecule has 258 valence electrons. The number of carbonyl (C=O) groups excluding carboxylic acids is 2. The number of nitro groups is 1. The highest BCUT2D eigenvalue weighted by atomic mass is 19.4. The molecule has 0 bridgehead atoms. The van der Waals surface area contributed by atoms with Crippen molar-refractivity contribution in [2.24, 2.45) is 0 Å². The van der Waals surface area contributed by atoms with Crippen LogP contribution >= 0.6 is 0 Å². The molecule has 0 radical (unpaired) electrons. The number of hydrogen-bond acceptors (Lipinski definition) is 8. The van der Waals surface area contributed by atoms with E-state index in [2.05, 4.69) is 5.10 Å². The van der Waals surface area contributed by atoms with Crippen LogP contribution in [-0.2, 0) is 26.9 Å². The monoisotopic (exact) mass is 681 g/mol. The summed E-state index contributed by atoms with van der Waals surface area (Å²) in [7, 11) is 0. The molecule has 2 atom stereocenters. The summed E-state index contributed by atoms with van der Waals surface area (Å²) in [5.41, 5.74) is -0.0675. The highest BCUT2D eigenvalue weighted by molar-refractivity contribution is 6.02. The molecule has 0 unspecified atom stereocenters. The summed E-state index contributed by atoms with van der Waals surface area (Å²) in [6, 6.07) is 14.8. The van der Waals surface area contributed by atoms with Gasteiger partial charge in [-0.05, 0) is 70.5 Å². The number of nitrogens with zero attached hydrogens (tertiary/aromatic N) is 5. The van der Waals surface area contributed by atoms with Crippen molar-refractivity contribution in [3.63, 3.8) is 0 Å². The van der Waals surface area contributed by atoms with E-state index in [1.165, 1.54) is 34.1 Å². The molecule has 12 nitrogen and oxygen atoms in total. The second kappa shape index (κ2) is 12.1. The minimum Gasteiger partial charge on any atom is -0.442 e. The molecule has 0 saturated carbocycles. The number of urea groups is 1. The number of benzene rings is 3. The van der Waals surface area contributed by atoms with Crippen LogP contribution in [0.2, 0.25) is 0 Å². The van der Waals surface area contributed by atoms with Crippen molar-refractivity contribution in [1.82, 2.24) is 14.7 Å². The van der Waals surface area contributed by atoms with Gasteiger partial charge < -0.3 is 19.1 Å². The maximum absolute atomic E-state index is 14.3. The molecule has 0 N–H and O–H groups in total. The number of ether oxygens (including phenoxy) is 3. The number of anilines is 1. The summed E-state index contributed by atoms with van der Waals surface area (Å²) < 4.78 is 59.0. The lowest BCUT2D eigenvalue weighted by Crippen LogP contribution is -2.43. The summed E-state index contributed by atoms with van der Waals surface area (Å²) in [5, 5.41) is 16.3.